The molecule has 0 saturated heterocycles. The predicted molar refractivity (Wildman–Crippen MR) is 83.4 cm³/mol. The zero-order valence-corrected chi connectivity index (χ0v) is 11.9. The smallest absolute Gasteiger partial charge is 0.255 e. The average Bonchev–Trinajstić information content (AvgIpc) is 2.52. The Morgan fingerprint density at radius 1 is 1.00 bits per heavy atom. The summed E-state index contributed by atoms with van der Waals surface area (Å²) in [6.45, 7) is 4.10. The molecule has 3 rings (SSSR count). The maximum Gasteiger partial charge on any atom is 0.255 e. The number of aryl methyl sites for hydroxylation is 2. The van der Waals surface area contributed by atoms with Crippen molar-refractivity contribution < 1.29 is 4.79 Å². The molecule has 4 nitrogen and oxygen atoms in total. The second kappa shape index (κ2) is 5.32. The van der Waals surface area contributed by atoms with Crippen LogP contribution in [0.5, 0.6) is 0 Å². The van der Waals surface area contributed by atoms with Gasteiger partial charge in [0.2, 0.25) is 0 Å². The van der Waals surface area contributed by atoms with Gasteiger partial charge in [-0.25, -0.2) is 0 Å². The van der Waals surface area contributed by atoms with Gasteiger partial charge in [-0.15, -0.1) is 0 Å². The van der Waals surface area contributed by atoms with Crippen LogP contribution in [-0.4, -0.2) is 15.9 Å². The van der Waals surface area contributed by atoms with Crippen LogP contribution in [0.4, 0.5) is 5.69 Å². The van der Waals surface area contributed by atoms with Gasteiger partial charge < -0.3 is 5.32 Å². The number of anilines is 1. The molecular formula is C17H15N3O. The van der Waals surface area contributed by atoms with Crippen LogP contribution < -0.4 is 5.32 Å². The molecule has 0 fully saturated rings. The summed E-state index contributed by atoms with van der Waals surface area (Å²) in [7, 11) is 0. The molecule has 1 N–H and O–H groups in total. The lowest BCUT2D eigenvalue weighted by Crippen LogP contribution is -2.12. The van der Waals surface area contributed by atoms with E-state index in [1.807, 2.05) is 25.1 Å². The van der Waals surface area contributed by atoms with Gasteiger partial charge in [-0.3, -0.25) is 14.8 Å². The van der Waals surface area contributed by atoms with Crippen LogP contribution in [0, 0.1) is 13.8 Å². The minimum atomic E-state index is -0.150. The van der Waals surface area contributed by atoms with Gasteiger partial charge in [0.1, 0.15) is 0 Å². The SMILES string of the molecule is Cc1ccc2c(NC(=O)c3ccncc3)ccnc2c1C. The van der Waals surface area contributed by atoms with E-state index in [-0.39, 0.29) is 5.91 Å². The summed E-state index contributed by atoms with van der Waals surface area (Å²) in [5.74, 6) is -0.150. The van der Waals surface area contributed by atoms with Crippen molar-refractivity contribution in [3.05, 3.63) is 65.6 Å². The maximum absolute atomic E-state index is 12.3. The van der Waals surface area contributed by atoms with Crippen LogP contribution in [-0.2, 0) is 0 Å². The number of benzene rings is 1. The Kier molecular flexibility index (Phi) is 3.36. The second-order valence-electron chi connectivity index (χ2n) is 4.95. The van der Waals surface area contributed by atoms with Gasteiger partial charge in [0.05, 0.1) is 11.2 Å². The summed E-state index contributed by atoms with van der Waals surface area (Å²) in [5.41, 5.74) is 4.59. The van der Waals surface area contributed by atoms with Crippen LogP contribution in [0.2, 0.25) is 0 Å². The van der Waals surface area contributed by atoms with Gasteiger partial charge in [-0.1, -0.05) is 12.1 Å². The van der Waals surface area contributed by atoms with E-state index in [2.05, 4.69) is 22.2 Å². The lowest BCUT2D eigenvalue weighted by molar-refractivity contribution is 0.102. The Morgan fingerprint density at radius 2 is 1.76 bits per heavy atom. The Morgan fingerprint density at radius 3 is 2.52 bits per heavy atom. The molecule has 0 bridgehead atoms. The molecule has 0 atom stereocenters. The topological polar surface area (TPSA) is 54.9 Å². The number of pyridine rings is 2. The molecule has 1 amide bonds. The molecule has 0 saturated carbocycles. The lowest BCUT2D eigenvalue weighted by Gasteiger charge is -2.11. The minimum absolute atomic E-state index is 0.150. The first-order valence-electron chi connectivity index (χ1n) is 6.73. The van der Waals surface area contributed by atoms with E-state index < -0.39 is 0 Å². The van der Waals surface area contributed by atoms with Crippen LogP contribution in [0.3, 0.4) is 0 Å². The molecule has 4 heteroatoms. The highest BCUT2D eigenvalue weighted by Gasteiger charge is 2.10. The zero-order valence-electron chi connectivity index (χ0n) is 11.9. The van der Waals surface area contributed by atoms with Gasteiger partial charge in [0, 0.05) is 29.5 Å². The average molecular weight is 277 g/mol. The number of hydrogen-bond donors (Lipinski definition) is 1. The van der Waals surface area contributed by atoms with Gasteiger partial charge in [-0.05, 0) is 43.2 Å². The van der Waals surface area contributed by atoms with Crippen molar-refractivity contribution in [3.63, 3.8) is 0 Å². The van der Waals surface area contributed by atoms with Crippen LogP contribution >= 0.6 is 0 Å². The van der Waals surface area contributed by atoms with Gasteiger partial charge in [-0.2, -0.15) is 0 Å². The molecule has 0 aliphatic carbocycles. The Labute approximate surface area is 122 Å². The number of hydrogen-bond acceptors (Lipinski definition) is 3. The number of rotatable bonds is 2. The molecule has 104 valence electrons. The van der Waals surface area contributed by atoms with Crippen molar-refractivity contribution in [2.75, 3.05) is 5.32 Å². The van der Waals surface area contributed by atoms with Crippen molar-refractivity contribution in [2.24, 2.45) is 0 Å². The van der Waals surface area contributed by atoms with E-state index >= 15 is 0 Å². The monoisotopic (exact) mass is 277 g/mol. The van der Waals surface area contributed by atoms with E-state index in [1.54, 1.807) is 30.7 Å². The van der Waals surface area contributed by atoms with E-state index in [1.165, 1.54) is 5.56 Å². The standard InChI is InChI=1S/C17H15N3O/c1-11-3-4-14-15(7-10-19-16(14)12(11)2)20-17(21)13-5-8-18-9-6-13/h3-10H,1-2H3,(H,19,20,21). The van der Waals surface area contributed by atoms with Crippen molar-refractivity contribution in [1.82, 2.24) is 9.97 Å². The molecule has 3 aromatic rings. The number of nitrogens with one attached hydrogen (secondary N) is 1. The highest BCUT2D eigenvalue weighted by Crippen LogP contribution is 2.26. The molecule has 21 heavy (non-hydrogen) atoms. The van der Waals surface area contributed by atoms with Crippen molar-refractivity contribution >= 4 is 22.5 Å². The first kappa shape index (κ1) is 13.2. The number of fused-ring (bicyclic) bond motifs is 1. The number of aromatic nitrogens is 2. The fourth-order valence-corrected chi connectivity index (χ4v) is 2.27. The van der Waals surface area contributed by atoms with E-state index in [0.29, 0.717) is 5.56 Å². The fourth-order valence-electron chi connectivity index (χ4n) is 2.27. The Bertz CT molecular complexity index is 813. The molecule has 1 aromatic carbocycles. The third-order valence-corrected chi connectivity index (χ3v) is 3.63. The second-order valence-corrected chi connectivity index (χ2v) is 4.95. The molecule has 0 aliphatic rings. The largest absolute Gasteiger partial charge is 0.321 e. The van der Waals surface area contributed by atoms with Crippen LogP contribution in [0.15, 0.2) is 48.9 Å². The molecule has 0 unspecified atom stereocenters. The van der Waals surface area contributed by atoms with E-state index in [4.69, 9.17) is 0 Å². The summed E-state index contributed by atoms with van der Waals surface area (Å²) < 4.78 is 0. The number of nitrogens with zero attached hydrogens (tertiary/aromatic N) is 2. The van der Waals surface area contributed by atoms with Crippen molar-refractivity contribution in [2.45, 2.75) is 13.8 Å². The molecule has 2 aromatic heterocycles. The summed E-state index contributed by atoms with van der Waals surface area (Å²) >= 11 is 0. The highest BCUT2D eigenvalue weighted by molar-refractivity contribution is 6.08. The van der Waals surface area contributed by atoms with Crippen molar-refractivity contribution in [1.29, 1.82) is 0 Å². The number of carbonyl (C=O) groups excluding carboxylic acids is 1. The van der Waals surface area contributed by atoms with Crippen LogP contribution in [0.1, 0.15) is 21.5 Å². The summed E-state index contributed by atoms with van der Waals surface area (Å²) in [6, 6.07) is 9.23. The third kappa shape index (κ3) is 2.48. The summed E-state index contributed by atoms with van der Waals surface area (Å²) in [4.78, 5) is 20.6. The van der Waals surface area contributed by atoms with E-state index in [0.717, 1.165) is 22.2 Å². The predicted octanol–water partition coefficient (Wildman–Crippen LogP) is 3.50. The van der Waals surface area contributed by atoms with E-state index in [9.17, 15) is 4.79 Å². The lowest BCUT2D eigenvalue weighted by atomic mass is 10.0. The quantitative estimate of drug-likeness (QED) is 0.780. The molecule has 2 heterocycles. The molecular weight excluding hydrogens is 262 g/mol. The minimum Gasteiger partial charge on any atom is -0.321 e. The highest BCUT2D eigenvalue weighted by atomic mass is 16.1. The number of carbonyl (C=O) groups is 1. The van der Waals surface area contributed by atoms with Crippen LogP contribution in [0.25, 0.3) is 10.9 Å². The van der Waals surface area contributed by atoms with Gasteiger partial charge in [0.25, 0.3) is 5.91 Å². The van der Waals surface area contributed by atoms with Crippen molar-refractivity contribution in [3.8, 4) is 0 Å². The number of amides is 1. The first-order chi connectivity index (χ1) is 10.2. The summed E-state index contributed by atoms with van der Waals surface area (Å²) in [5, 5.41) is 3.89. The first-order valence-corrected chi connectivity index (χ1v) is 6.73. The normalized spacial score (nSPS) is 10.6. The Hall–Kier alpha value is -2.75. The van der Waals surface area contributed by atoms with Gasteiger partial charge in [0.15, 0.2) is 0 Å². The zero-order chi connectivity index (χ0) is 14.8. The Balaban J connectivity index is 2.02. The fraction of sp³-hybridized carbons (Fsp3) is 0.118. The third-order valence-electron chi connectivity index (χ3n) is 3.63. The molecule has 0 radical (unpaired) electrons. The maximum atomic E-state index is 12.3. The molecule has 0 aliphatic heterocycles. The summed E-state index contributed by atoms with van der Waals surface area (Å²) in [6.07, 6.45) is 4.93. The molecule has 0 spiro atoms. The van der Waals surface area contributed by atoms with Gasteiger partial charge >= 0.3 is 0 Å².